The van der Waals surface area contributed by atoms with E-state index in [1.54, 1.807) is 5.56 Å². The average molecular weight is 421 g/mol. The van der Waals surface area contributed by atoms with E-state index in [9.17, 15) is 0 Å². The fraction of sp³-hybridized carbons (Fsp3) is 0.613. The summed E-state index contributed by atoms with van der Waals surface area (Å²) in [7, 11) is 0. The van der Waals surface area contributed by atoms with Crippen LogP contribution in [0.4, 0.5) is 0 Å². The summed E-state index contributed by atoms with van der Waals surface area (Å²) in [5, 5.41) is 0. The molecule has 0 nitrogen and oxygen atoms in total. The molecule has 0 aromatic heterocycles. The quantitative estimate of drug-likeness (QED) is 0.464. The molecule has 172 valence electrons. The van der Waals surface area contributed by atoms with Crippen molar-refractivity contribution in [3.63, 3.8) is 0 Å². The minimum Gasteiger partial charge on any atom is -0.0585 e. The van der Waals surface area contributed by atoms with Gasteiger partial charge in [0.05, 0.1) is 0 Å². The molecule has 0 N–H and O–H groups in total. The summed E-state index contributed by atoms with van der Waals surface area (Å²) in [5.74, 6) is 0.496. The molecule has 2 aromatic rings. The average Bonchev–Trinajstić information content (AvgIpc) is 2.58. The maximum absolute atomic E-state index is 2.51. The van der Waals surface area contributed by atoms with Gasteiger partial charge in [-0.2, -0.15) is 0 Å². The SMILES string of the molecule is CC(Cc1cc(C(C)(C)C)c(C(C)(C)C)c(C(C)(C)C)c1)c1ccc(C(C)(C)C)cc1. The van der Waals surface area contributed by atoms with E-state index in [4.69, 9.17) is 0 Å². The topological polar surface area (TPSA) is 0 Å². The lowest BCUT2D eigenvalue weighted by Gasteiger charge is -2.37. The number of hydrogen-bond donors (Lipinski definition) is 0. The summed E-state index contributed by atoms with van der Waals surface area (Å²) in [6, 6.07) is 14.3. The van der Waals surface area contributed by atoms with Gasteiger partial charge in [0.15, 0.2) is 0 Å². The maximum Gasteiger partial charge on any atom is -0.0126 e. The zero-order valence-corrected chi connectivity index (χ0v) is 22.7. The molecule has 0 bridgehead atoms. The highest BCUT2D eigenvalue weighted by atomic mass is 14.4. The van der Waals surface area contributed by atoms with Crippen LogP contribution in [0.2, 0.25) is 0 Å². The highest BCUT2D eigenvalue weighted by Gasteiger charge is 2.32. The van der Waals surface area contributed by atoms with Crippen LogP contribution in [0.3, 0.4) is 0 Å². The summed E-state index contributed by atoms with van der Waals surface area (Å²) in [6.07, 6.45) is 1.07. The van der Waals surface area contributed by atoms with Gasteiger partial charge in [-0.1, -0.05) is 126 Å². The largest absolute Gasteiger partial charge is 0.0585 e. The monoisotopic (exact) mass is 420 g/mol. The van der Waals surface area contributed by atoms with Crippen LogP contribution in [0, 0.1) is 0 Å². The Morgan fingerprint density at radius 1 is 0.581 bits per heavy atom. The maximum atomic E-state index is 2.51. The van der Waals surface area contributed by atoms with Crippen LogP contribution in [0.15, 0.2) is 36.4 Å². The van der Waals surface area contributed by atoms with Gasteiger partial charge in [0.2, 0.25) is 0 Å². The highest BCUT2D eigenvalue weighted by Crippen LogP contribution is 2.42. The van der Waals surface area contributed by atoms with Crippen LogP contribution < -0.4 is 0 Å². The number of benzene rings is 2. The minimum absolute atomic E-state index is 0.121. The molecule has 0 aliphatic carbocycles. The molecule has 1 unspecified atom stereocenters. The van der Waals surface area contributed by atoms with Crippen LogP contribution in [-0.2, 0) is 28.1 Å². The van der Waals surface area contributed by atoms with Crippen LogP contribution in [0.25, 0.3) is 0 Å². The second-order valence-corrected chi connectivity index (χ2v) is 13.8. The second kappa shape index (κ2) is 8.42. The Kier molecular flexibility index (Phi) is 6.98. The van der Waals surface area contributed by atoms with Gasteiger partial charge >= 0.3 is 0 Å². The fourth-order valence-corrected chi connectivity index (χ4v) is 4.59. The van der Waals surface area contributed by atoms with Gasteiger partial charge in [-0.25, -0.2) is 0 Å². The third kappa shape index (κ3) is 6.24. The van der Waals surface area contributed by atoms with Gasteiger partial charge < -0.3 is 0 Å². The predicted molar refractivity (Wildman–Crippen MR) is 140 cm³/mol. The summed E-state index contributed by atoms with van der Waals surface area (Å²) in [4.78, 5) is 0. The Morgan fingerprint density at radius 2 is 1.00 bits per heavy atom. The summed E-state index contributed by atoms with van der Waals surface area (Å²) in [6.45, 7) is 30.5. The van der Waals surface area contributed by atoms with Crippen LogP contribution >= 0.6 is 0 Å². The number of rotatable bonds is 3. The van der Waals surface area contributed by atoms with E-state index in [1.165, 1.54) is 27.8 Å². The normalized spacial score (nSPS) is 14.6. The van der Waals surface area contributed by atoms with Crippen molar-refractivity contribution in [2.75, 3.05) is 0 Å². The van der Waals surface area contributed by atoms with Crippen molar-refractivity contribution < 1.29 is 0 Å². The third-order valence-electron chi connectivity index (χ3n) is 6.45. The molecule has 0 fully saturated rings. The van der Waals surface area contributed by atoms with Gasteiger partial charge in [-0.3, -0.25) is 0 Å². The van der Waals surface area contributed by atoms with Crippen molar-refractivity contribution in [2.24, 2.45) is 0 Å². The Morgan fingerprint density at radius 3 is 1.32 bits per heavy atom. The van der Waals surface area contributed by atoms with Crippen molar-refractivity contribution in [1.29, 1.82) is 0 Å². The first-order valence-corrected chi connectivity index (χ1v) is 12.1. The van der Waals surface area contributed by atoms with E-state index in [2.05, 4.69) is 126 Å². The molecular formula is C31H48. The smallest absolute Gasteiger partial charge is 0.0126 e. The summed E-state index contributed by atoms with van der Waals surface area (Å²) >= 11 is 0. The Balaban J connectivity index is 2.54. The van der Waals surface area contributed by atoms with E-state index < -0.39 is 0 Å². The third-order valence-corrected chi connectivity index (χ3v) is 6.45. The minimum atomic E-state index is 0.121. The van der Waals surface area contributed by atoms with Crippen molar-refractivity contribution in [2.45, 2.75) is 124 Å². The molecule has 0 amide bonds. The van der Waals surface area contributed by atoms with Crippen LogP contribution in [0.1, 0.15) is 129 Å². The lowest BCUT2D eigenvalue weighted by molar-refractivity contribution is 0.496. The first kappa shape index (κ1) is 25.7. The van der Waals surface area contributed by atoms with E-state index in [0.717, 1.165) is 6.42 Å². The Bertz CT molecular complexity index is 847. The van der Waals surface area contributed by atoms with E-state index in [1.807, 2.05) is 0 Å². The van der Waals surface area contributed by atoms with Crippen molar-refractivity contribution in [3.8, 4) is 0 Å². The molecule has 0 spiro atoms. The molecule has 0 aliphatic rings. The highest BCUT2D eigenvalue weighted by molar-refractivity contribution is 5.49. The Labute approximate surface area is 193 Å². The lowest BCUT2D eigenvalue weighted by Crippen LogP contribution is -2.28. The second-order valence-electron chi connectivity index (χ2n) is 13.8. The predicted octanol–water partition coefficient (Wildman–Crippen LogP) is 9.22. The molecule has 0 heteroatoms. The van der Waals surface area contributed by atoms with Crippen LogP contribution in [-0.4, -0.2) is 0 Å². The molecule has 0 saturated carbocycles. The lowest BCUT2D eigenvalue weighted by atomic mass is 9.67. The van der Waals surface area contributed by atoms with E-state index >= 15 is 0 Å². The zero-order valence-electron chi connectivity index (χ0n) is 22.7. The molecule has 1 atom stereocenters. The molecule has 31 heavy (non-hydrogen) atoms. The molecule has 0 radical (unpaired) electrons. The molecule has 2 aromatic carbocycles. The Hall–Kier alpha value is -1.56. The van der Waals surface area contributed by atoms with Gasteiger partial charge in [0.1, 0.15) is 0 Å². The first-order valence-electron chi connectivity index (χ1n) is 12.1. The number of hydrogen-bond acceptors (Lipinski definition) is 0. The molecule has 0 aliphatic heterocycles. The van der Waals surface area contributed by atoms with Gasteiger partial charge in [0, 0.05) is 0 Å². The van der Waals surface area contributed by atoms with Crippen LogP contribution in [0.5, 0.6) is 0 Å². The standard InChI is InChI=1S/C31H48/c1-21(23-14-16-24(17-15-23)28(2,3)4)18-22-19-25(29(5,6)7)27(31(11,12)13)26(20-22)30(8,9)10/h14-17,19-21H,18H2,1-13H3. The fourth-order valence-electron chi connectivity index (χ4n) is 4.59. The van der Waals surface area contributed by atoms with Crippen molar-refractivity contribution >= 4 is 0 Å². The zero-order chi connectivity index (χ0) is 24.0. The summed E-state index contributed by atoms with van der Waals surface area (Å²) < 4.78 is 0. The van der Waals surface area contributed by atoms with Gasteiger partial charge in [-0.15, -0.1) is 0 Å². The van der Waals surface area contributed by atoms with E-state index in [-0.39, 0.29) is 21.7 Å². The summed E-state index contributed by atoms with van der Waals surface area (Å²) in [5.41, 5.74) is 9.44. The van der Waals surface area contributed by atoms with Crippen molar-refractivity contribution in [3.05, 3.63) is 69.8 Å². The van der Waals surface area contributed by atoms with Gasteiger partial charge in [0.25, 0.3) is 0 Å². The molecule has 0 saturated heterocycles. The van der Waals surface area contributed by atoms with Crippen molar-refractivity contribution in [1.82, 2.24) is 0 Å². The van der Waals surface area contributed by atoms with Gasteiger partial charge in [-0.05, 0) is 67.4 Å². The molecular weight excluding hydrogens is 372 g/mol. The first-order chi connectivity index (χ1) is 13.8. The molecule has 0 heterocycles. The molecule has 2 rings (SSSR count). The van der Waals surface area contributed by atoms with E-state index in [0.29, 0.717) is 5.92 Å².